The van der Waals surface area contributed by atoms with Crippen LogP contribution in [0.4, 0.5) is 10.5 Å². The summed E-state index contributed by atoms with van der Waals surface area (Å²) in [6.45, 7) is 8.63. The lowest BCUT2D eigenvalue weighted by atomic mass is 9.93. The number of anilines is 1. The van der Waals surface area contributed by atoms with Crippen LogP contribution in [0.3, 0.4) is 0 Å². The topological polar surface area (TPSA) is 124 Å². The second-order valence-corrected chi connectivity index (χ2v) is 12.8. The Morgan fingerprint density at radius 2 is 1.86 bits per heavy atom. The molecule has 1 saturated heterocycles. The molecule has 3 amide bonds. The van der Waals surface area contributed by atoms with Crippen molar-refractivity contribution in [3.8, 4) is 0 Å². The van der Waals surface area contributed by atoms with Gasteiger partial charge in [0.1, 0.15) is 5.60 Å². The maximum Gasteiger partial charge on any atom is 0.407 e. The first kappa shape index (κ1) is 30.7. The number of carbonyl (C=O) groups excluding carboxylic acids is 3. The number of aromatic amines is 1. The third kappa shape index (κ3) is 6.75. The van der Waals surface area contributed by atoms with Gasteiger partial charge in [-0.2, -0.15) is 0 Å². The molecule has 2 aliphatic heterocycles. The Kier molecular flexibility index (Phi) is 8.63. The molecule has 2 aliphatic rings. The van der Waals surface area contributed by atoms with Crippen LogP contribution in [0.1, 0.15) is 61.6 Å². The maximum atomic E-state index is 13.6. The molecule has 228 valence electrons. The molecule has 0 saturated carbocycles. The first-order valence-electron chi connectivity index (χ1n) is 14.3. The fourth-order valence-electron chi connectivity index (χ4n) is 5.78. The minimum atomic E-state index is -0.622. The molecule has 0 aliphatic carbocycles. The highest BCUT2D eigenvalue weighted by Gasteiger charge is 2.31. The van der Waals surface area contributed by atoms with E-state index < -0.39 is 11.7 Å². The number of benzene rings is 2. The third-order valence-electron chi connectivity index (χ3n) is 7.78. The summed E-state index contributed by atoms with van der Waals surface area (Å²) in [5.41, 5.74) is 1.94. The number of amides is 3. The third-order valence-corrected chi connectivity index (χ3v) is 8.31. The van der Waals surface area contributed by atoms with E-state index in [1.807, 2.05) is 13.0 Å². The number of nitrogens with one attached hydrogen (secondary N) is 3. The average molecular weight is 629 g/mol. The van der Waals surface area contributed by atoms with Gasteiger partial charge in [0.2, 0.25) is 5.91 Å². The van der Waals surface area contributed by atoms with Crippen LogP contribution in [0, 0.1) is 0 Å². The van der Waals surface area contributed by atoms with Gasteiger partial charge in [-0.15, -0.1) is 0 Å². The molecule has 0 bridgehead atoms. The van der Waals surface area contributed by atoms with Gasteiger partial charge in [-0.05, 0) is 82.0 Å². The zero-order valence-electron chi connectivity index (χ0n) is 24.6. The maximum absolute atomic E-state index is 13.6. The number of H-pyrrole nitrogens is 1. The summed E-state index contributed by atoms with van der Waals surface area (Å²) in [4.78, 5) is 57.7. The molecule has 0 radical (unpaired) electrons. The highest BCUT2D eigenvalue weighted by molar-refractivity contribution is 6.35. The zero-order chi connectivity index (χ0) is 31.1. The molecule has 5 rings (SSSR count). The minimum absolute atomic E-state index is 0.0208. The SMILES string of the molecule is CC1c2c(Cl)cc(Cl)cc2CCN1C(=O)CNc1ccc2c(=O)[nH]cc(C(=O)N3CC[C@H](NC(=O)OC(C)(C)C)C3)c2c1. The summed E-state index contributed by atoms with van der Waals surface area (Å²) in [5.74, 6) is -0.368. The van der Waals surface area contributed by atoms with Gasteiger partial charge in [-0.1, -0.05) is 23.2 Å². The molecule has 3 aromatic rings. The lowest BCUT2D eigenvalue weighted by molar-refractivity contribution is -0.131. The Hall–Kier alpha value is -3.76. The van der Waals surface area contributed by atoms with Crippen molar-refractivity contribution >= 4 is 57.6 Å². The normalized spacial score (nSPS) is 18.4. The Balaban J connectivity index is 1.28. The van der Waals surface area contributed by atoms with Crippen LogP contribution in [0.25, 0.3) is 10.8 Å². The number of fused-ring (bicyclic) bond motifs is 2. The smallest absolute Gasteiger partial charge is 0.407 e. The number of rotatable bonds is 5. The Morgan fingerprint density at radius 3 is 2.60 bits per heavy atom. The number of carbonyl (C=O) groups is 3. The molecule has 1 fully saturated rings. The van der Waals surface area contributed by atoms with Gasteiger partial charge in [0.05, 0.1) is 24.2 Å². The molecule has 3 N–H and O–H groups in total. The number of hydrogen-bond donors (Lipinski definition) is 3. The van der Waals surface area contributed by atoms with E-state index in [0.717, 1.165) is 11.1 Å². The molecule has 2 atom stereocenters. The second kappa shape index (κ2) is 12.1. The quantitative estimate of drug-likeness (QED) is 0.360. The number of alkyl carbamates (subject to hydrolysis) is 1. The summed E-state index contributed by atoms with van der Waals surface area (Å²) in [6, 6.07) is 8.20. The Labute approximate surface area is 259 Å². The average Bonchev–Trinajstić information content (AvgIpc) is 3.38. The number of likely N-dealkylation sites (tertiary alicyclic amines) is 1. The van der Waals surface area contributed by atoms with E-state index in [9.17, 15) is 19.2 Å². The van der Waals surface area contributed by atoms with Crippen LogP contribution in [-0.4, -0.2) is 70.5 Å². The van der Waals surface area contributed by atoms with Crippen molar-refractivity contribution < 1.29 is 19.1 Å². The lowest BCUT2D eigenvalue weighted by Gasteiger charge is -2.36. The molecule has 10 nitrogen and oxygen atoms in total. The second-order valence-electron chi connectivity index (χ2n) is 12.0. The molecular formula is C31H35Cl2N5O5. The summed E-state index contributed by atoms with van der Waals surface area (Å²) in [6.07, 6.45) is 2.13. The summed E-state index contributed by atoms with van der Waals surface area (Å²) >= 11 is 12.6. The zero-order valence-corrected chi connectivity index (χ0v) is 26.1. The van der Waals surface area contributed by atoms with Gasteiger partial charge in [0.25, 0.3) is 11.5 Å². The number of halogens is 2. The van der Waals surface area contributed by atoms with Crippen LogP contribution in [-0.2, 0) is 16.0 Å². The number of nitrogens with zero attached hydrogens (tertiary/aromatic N) is 2. The van der Waals surface area contributed by atoms with E-state index in [1.165, 1.54) is 6.20 Å². The predicted molar refractivity (Wildman–Crippen MR) is 167 cm³/mol. The highest BCUT2D eigenvalue weighted by atomic mass is 35.5. The van der Waals surface area contributed by atoms with Gasteiger partial charge in [0.15, 0.2) is 0 Å². The molecule has 2 aromatic carbocycles. The molecule has 1 unspecified atom stereocenters. The van der Waals surface area contributed by atoms with Crippen LogP contribution < -0.4 is 16.2 Å². The predicted octanol–water partition coefficient (Wildman–Crippen LogP) is 5.13. The van der Waals surface area contributed by atoms with E-state index in [4.69, 9.17) is 27.9 Å². The number of pyridine rings is 1. The van der Waals surface area contributed by atoms with Crippen LogP contribution in [0.2, 0.25) is 10.0 Å². The fraction of sp³-hybridized carbons (Fsp3) is 0.419. The van der Waals surface area contributed by atoms with Gasteiger partial charge in [-0.3, -0.25) is 14.4 Å². The number of ether oxygens (including phenoxy) is 1. The monoisotopic (exact) mass is 627 g/mol. The molecule has 43 heavy (non-hydrogen) atoms. The molecule has 1 aromatic heterocycles. The summed E-state index contributed by atoms with van der Waals surface area (Å²) in [7, 11) is 0. The van der Waals surface area contributed by atoms with Crippen LogP contribution in [0.5, 0.6) is 0 Å². The van der Waals surface area contributed by atoms with E-state index in [0.29, 0.717) is 64.5 Å². The first-order valence-corrected chi connectivity index (χ1v) is 15.0. The highest BCUT2D eigenvalue weighted by Crippen LogP contribution is 2.37. The lowest BCUT2D eigenvalue weighted by Crippen LogP contribution is -2.41. The van der Waals surface area contributed by atoms with Gasteiger partial charge in [0, 0.05) is 52.3 Å². The molecule has 3 heterocycles. The number of aromatic nitrogens is 1. The summed E-state index contributed by atoms with van der Waals surface area (Å²) in [5, 5.41) is 7.94. The van der Waals surface area contributed by atoms with Crippen molar-refractivity contribution in [2.45, 2.75) is 58.2 Å². The van der Waals surface area contributed by atoms with Crippen molar-refractivity contribution in [1.82, 2.24) is 20.1 Å². The van der Waals surface area contributed by atoms with Gasteiger partial charge in [-0.25, -0.2) is 4.79 Å². The van der Waals surface area contributed by atoms with E-state index in [2.05, 4.69) is 15.6 Å². The first-order chi connectivity index (χ1) is 20.3. The van der Waals surface area contributed by atoms with E-state index in [-0.39, 0.29) is 36.0 Å². The van der Waals surface area contributed by atoms with E-state index >= 15 is 0 Å². The molecule has 12 heteroatoms. The van der Waals surface area contributed by atoms with Crippen LogP contribution in [0.15, 0.2) is 41.3 Å². The van der Waals surface area contributed by atoms with Crippen LogP contribution >= 0.6 is 23.2 Å². The summed E-state index contributed by atoms with van der Waals surface area (Å²) < 4.78 is 5.34. The van der Waals surface area contributed by atoms with Gasteiger partial charge < -0.3 is 30.2 Å². The Bertz CT molecular complexity index is 1650. The molecule has 0 spiro atoms. The Morgan fingerprint density at radius 1 is 1.09 bits per heavy atom. The fourth-order valence-corrected chi connectivity index (χ4v) is 6.47. The van der Waals surface area contributed by atoms with Crippen molar-refractivity contribution in [1.29, 1.82) is 0 Å². The molecular weight excluding hydrogens is 593 g/mol. The van der Waals surface area contributed by atoms with E-state index in [1.54, 1.807) is 54.8 Å². The van der Waals surface area contributed by atoms with Crippen molar-refractivity contribution in [3.63, 3.8) is 0 Å². The van der Waals surface area contributed by atoms with Crippen molar-refractivity contribution in [2.75, 3.05) is 31.5 Å². The van der Waals surface area contributed by atoms with Crippen molar-refractivity contribution in [2.24, 2.45) is 0 Å². The number of hydrogen-bond acceptors (Lipinski definition) is 6. The van der Waals surface area contributed by atoms with Gasteiger partial charge >= 0.3 is 6.09 Å². The van der Waals surface area contributed by atoms with Crippen molar-refractivity contribution in [3.05, 3.63) is 73.6 Å². The largest absolute Gasteiger partial charge is 0.444 e. The minimum Gasteiger partial charge on any atom is -0.444 e. The standard InChI is InChI=1S/C31H35Cl2N5O5/c1-17-27-18(11-19(32)12-25(27)33)7-10-38(17)26(39)15-34-20-5-6-22-23(13-20)24(14-35-28(22)40)29(41)37-9-8-21(16-37)36-30(42)43-31(2,3)4/h5-6,11-14,17,21,34H,7-10,15-16H2,1-4H3,(H,35,40)(H,36,42)/t17?,21-/m0/s1.